The third kappa shape index (κ3) is 4.27. The van der Waals surface area contributed by atoms with Crippen LogP contribution in [0.3, 0.4) is 0 Å². The number of carbonyl (C=O) groups is 1. The van der Waals surface area contributed by atoms with E-state index in [1.165, 1.54) is 25.7 Å². The first kappa shape index (κ1) is 14.5. The molecular weight excluding hydrogens is 266 g/mol. The van der Waals surface area contributed by atoms with Gasteiger partial charge in [-0.25, -0.2) is 0 Å². The number of carbonyl (C=O) groups excluding carboxylic acids is 1. The number of aromatic nitrogens is 3. The van der Waals surface area contributed by atoms with Gasteiger partial charge in [0.2, 0.25) is 5.91 Å². The van der Waals surface area contributed by atoms with Crippen molar-refractivity contribution in [3.05, 3.63) is 12.2 Å². The second kappa shape index (κ2) is 7.02. The molecule has 0 unspecified atom stereocenters. The molecule has 0 radical (unpaired) electrons. The van der Waals surface area contributed by atoms with Gasteiger partial charge < -0.3 is 15.2 Å². The van der Waals surface area contributed by atoms with Gasteiger partial charge in [0.15, 0.2) is 0 Å². The molecule has 0 aromatic carbocycles. The summed E-state index contributed by atoms with van der Waals surface area (Å²) in [5.41, 5.74) is 0. The number of amides is 1. The van der Waals surface area contributed by atoms with Crippen molar-refractivity contribution in [3.8, 4) is 0 Å². The van der Waals surface area contributed by atoms with Crippen LogP contribution >= 0.6 is 0 Å². The van der Waals surface area contributed by atoms with Crippen LogP contribution in [0.5, 0.6) is 0 Å². The highest BCUT2D eigenvalue weighted by molar-refractivity contribution is 5.75. The van der Waals surface area contributed by atoms with Gasteiger partial charge in [-0.2, -0.15) is 0 Å². The van der Waals surface area contributed by atoms with Crippen molar-refractivity contribution >= 4 is 5.91 Å². The average Bonchev–Trinajstić information content (AvgIpc) is 3.26. The van der Waals surface area contributed by atoms with Crippen molar-refractivity contribution in [3.63, 3.8) is 0 Å². The molecule has 0 atom stereocenters. The minimum absolute atomic E-state index is 0.176. The molecule has 6 nitrogen and oxygen atoms in total. The smallest absolute Gasteiger partial charge is 0.220 e. The Balaban J connectivity index is 1.33. The molecule has 116 valence electrons. The quantitative estimate of drug-likeness (QED) is 0.788. The highest BCUT2D eigenvalue weighted by Gasteiger charge is 2.28. The van der Waals surface area contributed by atoms with Gasteiger partial charge in [-0.1, -0.05) is 0 Å². The molecule has 2 aliphatic rings. The highest BCUT2D eigenvalue weighted by atomic mass is 16.1. The maximum Gasteiger partial charge on any atom is 0.220 e. The Morgan fingerprint density at radius 3 is 2.90 bits per heavy atom. The van der Waals surface area contributed by atoms with Gasteiger partial charge in [0, 0.05) is 25.4 Å². The summed E-state index contributed by atoms with van der Waals surface area (Å²) < 4.78 is 2.07. The Morgan fingerprint density at radius 2 is 2.14 bits per heavy atom. The fourth-order valence-corrected chi connectivity index (χ4v) is 3.00. The number of hydrogen-bond acceptors (Lipinski definition) is 4. The van der Waals surface area contributed by atoms with Gasteiger partial charge in [0.05, 0.1) is 0 Å². The maximum absolute atomic E-state index is 11.9. The zero-order valence-corrected chi connectivity index (χ0v) is 12.6. The molecule has 2 N–H and O–H groups in total. The van der Waals surface area contributed by atoms with E-state index in [1.807, 2.05) is 0 Å². The van der Waals surface area contributed by atoms with Crippen LogP contribution in [0.1, 0.15) is 50.3 Å². The summed E-state index contributed by atoms with van der Waals surface area (Å²) in [5, 5.41) is 14.5. The lowest BCUT2D eigenvalue weighted by atomic mass is 9.93. The van der Waals surface area contributed by atoms with Crippen molar-refractivity contribution < 1.29 is 4.79 Å². The molecule has 0 spiro atoms. The predicted molar refractivity (Wildman–Crippen MR) is 79.8 cm³/mol. The van der Waals surface area contributed by atoms with Crippen LogP contribution in [0, 0.1) is 5.92 Å². The second-order valence-electron chi connectivity index (χ2n) is 6.24. The van der Waals surface area contributed by atoms with E-state index in [0.717, 1.165) is 37.8 Å². The molecule has 1 aromatic rings. The number of nitrogens with zero attached hydrogens (tertiary/aromatic N) is 3. The fourth-order valence-electron chi connectivity index (χ4n) is 3.00. The highest BCUT2D eigenvalue weighted by Crippen LogP contribution is 2.38. The minimum Gasteiger partial charge on any atom is -0.354 e. The summed E-state index contributed by atoms with van der Waals surface area (Å²) in [6.45, 7) is 3.65. The zero-order valence-electron chi connectivity index (χ0n) is 12.6. The van der Waals surface area contributed by atoms with E-state index in [9.17, 15) is 4.79 Å². The van der Waals surface area contributed by atoms with E-state index in [-0.39, 0.29) is 5.91 Å². The van der Waals surface area contributed by atoms with Crippen LogP contribution < -0.4 is 10.6 Å². The molecular formula is C15H25N5O. The molecule has 1 aliphatic carbocycles. The summed E-state index contributed by atoms with van der Waals surface area (Å²) >= 11 is 0. The van der Waals surface area contributed by atoms with Gasteiger partial charge in [-0.15, -0.1) is 10.2 Å². The largest absolute Gasteiger partial charge is 0.354 e. The Bertz CT molecular complexity index is 462. The van der Waals surface area contributed by atoms with Crippen LogP contribution in [-0.4, -0.2) is 40.3 Å². The van der Waals surface area contributed by atoms with E-state index in [4.69, 9.17) is 0 Å². The molecule has 2 heterocycles. The van der Waals surface area contributed by atoms with Gasteiger partial charge in [-0.05, 0) is 51.1 Å². The molecule has 6 heteroatoms. The van der Waals surface area contributed by atoms with Gasteiger partial charge >= 0.3 is 0 Å². The van der Waals surface area contributed by atoms with Crippen LogP contribution in [0.2, 0.25) is 0 Å². The Kier molecular flexibility index (Phi) is 4.85. The van der Waals surface area contributed by atoms with Crippen molar-refractivity contribution in [2.45, 2.75) is 51.0 Å². The summed E-state index contributed by atoms with van der Waals surface area (Å²) in [7, 11) is 0. The van der Waals surface area contributed by atoms with Crippen LogP contribution in [0.4, 0.5) is 0 Å². The van der Waals surface area contributed by atoms with Gasteiger partial charge in [0.1, 0.15) is 12.2 Å². The minimum atomic E-state index is 0.176. The van der Waals surface area contributed by atoms with Crippen LogP contribution in [0.25, 0.3) is 0 Å². The molecule has 1 saturated heterocycles. The molecule has 1 aromatic heterocycles. The third-order valence-corrected chi connectivity index (χ3v) is 4.50. The summed E-state index contributed by atoms with van der Waals surface area (Å²) in [6, 6.07) is 0. The van der Waals surface area contributed by atoms with Crippen molar-refractivity contribution in [2.75, 3.05) is 19.6 Å². The van der Waals surface area contributed by atoms with E-state index in [2.05, 4.69) is 25.4 Å². The first-order chi connectivity index (χ1) is 10.3. The topological polar surface area (TPSA) is 71.8 Å². The zero-order chi connectivity index (χ0) is 14.5. The molecule has 1 saturated carbocycles. The Morgan fingerprint density at radius 1 is 1.33 bits per heavy atom. The van der Waals surface area contributed by atoms with Crippen LogP contribution in [-0.2, 0) is 11.3 Å². The molecule has 3 rings (SSSR count). The molecule has 21 heavy (non-hydrogen) atoms. The van der Waals surface area contributed by atoms with E-state index in [1.54, 1.807) is 6.33 Å². The lowest BCUT2D eigenvalue weighted by Gasteiger charge is -2.22. The molecule has 1 aliphatic heterocycles. The molecule has 0 bridgehead atoms. The first-order valence-electron chi connectivity index (χ1n) is 8.18. The van der Waals surface area contributed by atoms with Crippen molar-refractivity contribution in [2.24, 2.45) is 5.92 Å². The normalized spacial score (nSPS) is 19.6. The standard InChI is InChI=1S/C15H25N5O/c21-14(4-1-12-5-7-16-8-6-12)17-9-10-20-11-18-19-15(20)13-2-3-13/h11-13,16H,1-10H2,(H,17,21). The lowest BCUT2D eigenvalue weighted by Crippen LogP contribution is -2.30. The van der Waals surface area contributed by atoms with Gasteiger partial charge in [0.25, 0.3) is 0 Å². The predicted octanol–water partition coefficient (Wildman–Crippen LogP) is 1.05. The lowest BCUT2D eigenvalue weighted by molar-refractivity contribution is -0.121. The van der Waals surface area contributed by atoms with Crippen molar-refractivity contribution in [1.29, 1.82) is 0 Å². The summed E-state index contributed by atoms with van der Waals surface area (Å²) in [4.78, 5) is 11.9. The van der Waals surface area contributed by atoms with E-state index < -0.39 is 0 Å². The molecule has 2 fully saturated rings. The summed E-state index contributed by atoms with van der Waals surface area (Å²) in [5.74, 6) is 2.58. The van der Waals surface area contributed by atoms with Crippen LogP contribution in [0.15, 0.2) is 6.33 Å². The Labute approximate surface area is 125 Å². The average molecular weight is 291 g/mol. The number of rotatable bonds is 7. The summed E-state index contributed by atoms with van der Waals surface area (Å²) in [6.07, 6.45) is 8.31. The third-order valence-electron chi connectivity index (χ3n) is 4.50. The second-order valence-corrected chi connectivity index (χ2v) is 6.24. The molecule has 1 amide bonds. The van der Waals surface area contributed by atoms with Gasteiger partial charge in [-0.3, -0.25) is 4.79 Å². The Hall–Kier alpha value is -1.43. The monoisotopic (exact) mass is 291 g/mol. The maximum atomic E-state index is 11.9. The number of nitrogens with one attached hydrogen (secondary N) is 2. The SMILES string of the molecule is O=C(CCC1CCNCC1)NCCn1cnnc1C1CC1. The number of piperidine rings is 1. The fraction of sp³-hybridized carbons (Fsp3) is 0.800. The number of hydrogen-bond donors (Lipinski definition) is 2. The van der Waals surface area contributed by atoms with E-state index in [0.29, 0.717) is 18.9 Å². The van der Waals surface area contributed by atoms with E-state index >= 15 is 0 Å². The first-order valence-corrected chi connectivity index (χ1v) is 8.18. The van der Waals surface area contributed by atoms with Crippen molar-refractivity contribution in [1.82, 2.24) is 25.4 Å².